The molecule has 9 heteroatoms. The molecule has 0 bridgehead atoms. The molecule has 2 aliphatic heterocycles. The maximum Gasteiger partial charge on any atom is 0.231 e. The summed E-state index contributed by atoms with van der Waals surface area (Å²) in [5, 5.41) is 3.91. The number of nitrogens with zero attached hydrogens (tertiary/aromatic N) is 3. The molecule has 0 saturated carbocycles. The van der Waals surface area contributed by atoms with Gasteiger partial charge in [0.25, 0.3) is 0 Å². The molecule has 1 aromatic carbocycles. The highest BCUT2D eigenvalue weighted by atomic mass is 32.2. The number of carbonyl (C=O) groups excluding carboxylic acids is 1. The Morgan fingerprint density at radius 1 is 1.37 bits per heavy atom. The Balaban J connectivity index is 1.58. The van der Waals surface area contributed by atoms with E-state index in [0.717, 1.165) is 0 Å². The summed E-state index contributed by atoms with van der Waals surface area (Å²) < 4.78 is 43.5. The number of amides is 1. The summed E-state index contributed by atoms with van der Waals surface area (Å²) >= 11 is 0. The van der Waals surface area contributed by atoms with Crippen molar-refractivity contribution in [1.82, 2.24) is 15.0 Å². The van der Waals surface area contributed by atoms with E-state index in [1.165, 1.54) is 6.07 Å². The predicted octanol–water partition coefficient (Wildman–Crippen LogP) is 1.69. The Labute approximate surface area is 156 Å². The molecule has 2 aromatic rings. The summed E-state index contributed by atoms with van der Waals surface area (Å²) in [5.74, 6) is -0.244. The maximum absolute atomic E-state index is 13.8. The van der Waals surface area contributed by atoms with E-state index in [-0.39, 0.29) is 42.9 Å². The summed E-state index contributed by atoms with van der Waals surface area (Å²) in [6.45, 7) is 2.08. The van der Waals surface area contributed by atoms with Gasteiger partial charge in [0.1, 0.15) is 10.6 Å². The van der Waals surface area contributed by atoms with E-state index in [4.69, 9.17) is 4.52 Å². The predicted molar refractivity (Wildman–Crippen MR) is 94.3 cm³/mol. The number of sulfone groups is 1. The number of benzene rings is 1. The van der Waals surface area contributed by atoms with Crippen LogP contribution in [-0.4, -0.2) is 53.0 Å². The van der Waals surface area contributed by atoms with Gasteiger partial charge in [-0.15, -0.1) is 0 Å². The normalized spacial score (nSPS) is 22.7. The quantitative estimate of drug-likeness (QED) is 0.785. The topological polar surface area (TPSA) is 93.4 Å². The molecule has 4 rings (SSSR count). The molecule has 144 valence electrons. The van der Waals surface area contributed by atoms with Crippen LogP contribution in [0.2, 0.25) is 0 Å². The van der Waals surface area contributed by atoms with Crippen molar-refractivity contribution in [3.63, 3.8) is 0 Å². The molecule has 1 amide bonds. The fraction of sp³-hybridized carbons (Fsp3) is 0.500. The van der Waals surface area contributed by atoms with E-state index in [1.807, 2.05) is 0 Å². The zero-order chi connectivity index (χ0) is 19.2. The minimum absolute atomic E-state index is 0.0385. The van der Waals surface area contributed by atoms with Crippen LogP contribution in [-0.2, 0) is 21.1 Å². The van der Waals surface area contributed by atoms with Gasteiger partial charge >= 0.3 is 0 Å². The van der Waals surface area contributed by atoms with Crippen molar-refractivity contribution in [3.8, 4) is 0 Å². The number of carbonyl (C=O) groups is 1. The first kappa shape index (κ1) is 18.1. The molecule has 2 saturated heterocycles. The van der Waals surface area contributed by atoms with Gasteiger partial charge in [0.2, 0.25) is 11.8 Å². The second-order valence-corrected chi connectivity index (χ2v) is 9.60. The molecular weight excluding hydrogens is 373 g/mol. The lowest BCUT2D eigenvalue weighted by molar-refractivity contribution is -0.136. The van der Waals surface area contributed by atoms with E-state index in [2.05, 4.69) is 10.1 Å². The highest BCUT2D eigenvalue weighted by molar-refractivity contribution is 7.93. The van der Waals surface area contributed by atoms with E-state index in [0.29, 0.717) is 24.2 Å². The standard InChI is InChI=1S/C18H20FN3O4S/c1-2-16(23)22-10-18(11-22)13(7-8-27(18,24)25)17-20-15(21-26-17)9-12-5-3-4-6-14(12)19/h3-6,13H,2,7-11H2,1H3. The van der Waals surface area contributed by atoms with Gasteiger partial charge < -0.3 is 9.42 Å². The minimum atomic E-state index is -3.36. The molecule has 7 nitrogen and oxygen atoms in total. The second-order valence-electron chi connectivity index (χ2n) is 7.15. The first-order chi connectivity index (χ1) is 12.9. The van der Waals surface area contributed by atoms with Crippen molar-refractivity contribution in [1.29, 1.82) is 0 Å². The summed E-state index contributed by atoms with van der Waals surface area (Å²) in [6, 6.07) is 6.34. The van der Waals surface area contributed by atoms with E-state index in [1.54, 1.807) is 30.0 Å². The molecule has 1 unspecified atom stereocenters. The molecular formula is C18H20FN3O4S. The number of hydrogen-bond donors (Lipinski definition) is 0. The van der Waals surface area contributed by atoms with Crippen LogP contribution in [0.1, 0.15) is 43.0 Å². The van der Waals surface area contributed by atoms with Crippen LogP contribution < -0.4 is 0 Å². The molecule has 27 heavy (non-hydrogen) atoms. The van der Waals surface area contributed by atoms with Gasteiger partial charge in [-0.05, 0) is 18.1 Å². The van der Waals surface area contributed by atoms with Crippen LogP contribution in [0.25, 0.3) is 0 Å². The van der Waals surface area contributed by atoms with Gasteiger partial charge in [0.05, 0.1) is 11.7 Å². The van der Waals surface area contributed by atoms with Crippen molar-refractivity contribution in [3.05, 3.63) is 47.4 Å². The first-order valence-corrected chi connectivity index (χ1v) is 10.6. The highest BCUT2D eigenvalue weighted by Gasteiger charge is 2.64. The lowest BCUT2D eigenvalue weighted by atomic mass is 9.83. The minimum Gasteiger partial charge on any atom is -0.339 e. The van der Waals surface area contributed by atoms with Crippen molar-refractivity contribution in [2.45, 2.75) is 36.9 Å². The van der Waals surface area contributed by atoms with Crippen LogP contribution in [0.3, 0.4) is 0 Å². The lowest BCUT2D eigenvalue weighted by Gasteiger charge is -2.48. The van der Waals surface area contributed by atoms with Crippen LogP contribution >= 0.6 is 0 Å². The number of likely N-dealkylation sites (tertiary alicyclic amines) is 1. The van der Waals surface area contributed by atoms with Crippen molar-refractivity contribution in [2.24, 2.45) is 0 Å². The zero-order valence-corrected chi connectivity index (χ0v) is 15.7. The van der Waals surface area contributed by atoms with Crippen LogP contribution in [0, 0.1) is 5.82 Å². The second kappa shape index (κ2) is 6.40. The van der Waals surface area contributed by atoms with Gasteiger partial charge in [0, 0.05) is 25.9 Å². The van der Waals surface area contributed by atoms with Crippen LogP contribution in [0.15, 0.2) is 28.8 Å². The molecule has 1 spiro atoms. The van der Waals surface area contributed by atoms with Crippen molar-refractivity contribution < 1.29 is 22.1 Å². The molecule has 1 aromatic heterocycles. The fourth-order valence-corrected chi connectivity index (χ4v) is 6.32. The third kappa shape index (κ3) is 2.84. The number of rotatable bonds is 4. The SMILES string of the molecule is CCC(=O)N1CC2(C1)C(c1nc(Cc3ccccc3F)no1)CCS2(=O)=O. The maximum atomic E-state index is 13.8. The smallest absolute Gasteiger partial charge is 0.231 e. The lowest BCUT2D eigenvalue weighted by Crippen LogP contribution is -2.67. The number of aromatic nitrogens is 2. The molecule has 2 fully saturated rings. The molecule has 0 radical (unpaired) electrons. The van der Waals surface area contributed by atoms with E-state index in [9.17, 15) is 17.6 Å². The van der Waals surface area contributed by atoms with Crippen LogP contribution in [0.5, 0.6) is 0 Å². The number of halogens is 1. The molecule has 0 aliphatic carbocycles. The third-order valence-electron chi connectivity index (χ3n) is 5.59. The van der Waals surface area contributed by atoms with Gasteiger partial charge in [-0.3, -0.25) is 4.79 Å². The van der Waals surface area contributed by atoms with E-state index >= 15 is 0 Å². The highest BCUT2D eigenvalue weighted by Crippen LogP contribution is 2.49. The Morgan fingerprint density at radius 3 is 2.81 bits per heavy atom. The Hall–Kier alpha value is -2.29. The average molecular weight is 393 g/mol. The number of hydrogen-bond acceptors (Lipinski definition) is 6. The van der Waals surface area contributed by atoms with Crippen molar-refractivity contribution in [2.75, 3.05) is 18.8 Å². The largest absolute Gasteiger partial charge is 0.339 e. The summed E-state index contributed by atoms with van der Waals surface area (Å²) in [7, 11) is -3.36. The monoisotopic (exact) mass is 393 g/mol. The Bertz CT molecular complexity index is 982. The van der Waals surface area contributed by atoms with Crippen LogP contribution in [0.4, 0.5) is 4.39 Å². The van der Waals surface area contributed by atoms with Crippen molar-refractivity contribution >= 4 is 15.7 Å². The average Bonchev–Trinajstić information content (AvgIpc) is 3.16. The van der Waals surface area contributed by atoms with Gasteiger partial charge in [-0.1, -0.05) is 30.3 Å². The first-order valence-electron chi connectivity index (χ1n) is 8.92. The fourth-order valence-electron chi connectivity index (χ4n) is 4.01. The Morgan fingerprint density at radius 2 is 2.11 bits per heavy atom. The third-order valence-corrected chi connectivity index (χ3v) is 8.14. The van der Waals surface area contributed by atoms with Gasteiger partial charge in [-0.25, -0.2) is 12.8 Å². The van der Waals surface area contributed by atoms with Gasteiger partial charge in [-0.2, -0.15) is 4.98 Å². The molecule has 3 heterocycles. The summed E-state index contributed by atoms with van der Waals surface area (Å²) in [6.07, 6.45) is 0.898. The Kier molecular flexibility index (Phi) is 4.29. The molecule has 2 aliphatic rings. The molecule has 1 atom stereocenters. The van der Waals surface area contributed by atoms with Gasteiger partial charge in [0.15, 0.2) is 15.7 Å². The summed E-state index contributed by atoms with van der Waals surface area (Å²) in [4.78, 5) is 17.8. The summed E-state index contributed by atoms with van der Waals surface area (Å²) in [5.41, 5.74) is 0.446. The van der Waals surface area contributed by atoms with E-state index < -0.39 is 20.5 Å². The zero-order valence-electron chi connectivity index (χ0n) is 14.9. The molecule has 0 N–H and O–H groups in total.